The van der Waals surface area contributed by atoms with E-state index in [4.69, 9.17) is 0 Å². The Morgan fingerprint density at radius 3 is 2.52 bits per heavy atom. The van der Waals surface area contributed by atoms with Gasteiger partial charge in [0.15, 0.2) is 0 Å². The minimum absolute atomic E-state index is 0.112. The third-order valence-electron chi connectivity index (χ3n) is 3.75. The molecule has 1 aliphatic rings. The van der Waals surface area contributed by atoms with Gasteiger partial charge in [-0.2, -0.15) is 0 Å². The van der Waals surface area contributed by atoms with Gasteiger partial charge in [-0.1, -0.05) is 6.92 Å². The van der Waals surface area contributed by atoms with Gasteiger partial charge >= 0.3 is 6.36 Å². The maximum atomic E-state index is 12.3. The molecule has 1 atom stereocenters. The zero-order valence-corrected chi connectivity index (χ0v) is 11.6. The quantitative estimate of drug-likeness (QED) is 0.899. The highest BCUT2D eigenvalue weighted by Crippen LogP contribution is 2.31. The summed E-state index contributed by atoms with van der Waals surface area (Å²) >= 11 is 0. The van der Waals surface area contributed by atoms with E-state index in [2.05, 4.69) is 15.4 Å². The van der Waals surface area contributed by atoms with Gasteiger partial charge in [-0.15, -0.1) is 13.2 Å². The normalized spacial score (nSPS) is 22.1. The zero-order valence-electron chi connectivity index (χ0n) is 11.6. The molecule has 0 radical (unpaired) electrons. The second-order valence-corrected chi connectivity index (χ2v) is 5.09. The molecule has 1 unspecified atom stereocenters. The Hall–Kier alpha value is -1.76. The second-order valence-electron chi connectivity index (χ2n) is 5.09. The standard InChI is InChI=1S/C14H17F3N2O2/c1-2-13(7-8-18-9-13)12(20)19-10-3-5-11(6-4-10)21-14(15,16)17/h3-6,18H,2,7-9H2,1H3,(H,19,20). The Morgan fingerprint density at radius 1 is 1.38 bits per heavy atom. The van der Waals surface area contributed by atoms with E-state index < -0.39 is 11.8 Å². The van der Waals surface area contributed by atoms with Gasteiger partial charge in [0.05, 0.1) is 5.41 Å². The maximum absolute atomic E-state index is 12.3. The topological polar surface area (TPSA) is 50.4 Å². The van der Waals surface area contributed by atoms with Crippen LogP contribution in [0.25, 0.3) is 0 Å². The lowest BCUT2D eigenvalue weighted by Crippen LogP contribution is -2.37. The highest BCUT2D eigenvalue weighted by atomic mass is 19.4. The third kappa shape index (κ3) is 3.87. The predicted octanol–water partition coefficient (Wildman–Crippen LogP) is 2.91. The van der Waals surface area contributed by atoms with Gasteiger partial charge in [0.1, 0.15) is 5.75 Å². The number of rotatable bonds is 4. The van der Waals surface area contributed by atoms with Crippen molar-refractivity contribution in [3.63, 3.8) is 0 Å². The molecule has 116 valence electrons. The van der Waals surface area contributed by atoms with Crippen molar-refractivity contribution in [2.45, 2.75) is 26.1 Å². The van der Waals surface area contributed by atoms with Crippen LogP contribution in [0.3, 0.4) is 0 Å². The first-order chi connectivity index (χ1) is 9.85. The number of amides is 1. The molecule has 0 spiro atoms. The van der Waals surface area contributed by atoms with Gasteiger partial charge in [-0.3, -0.25) is 4.79 Å². The monoisotopic (exact) mass is 302 g/mol. The first-order valence-corrected chi connectivity index (χ1v) is 6.73. The van der Waals surface area contributed by atoms with E-state index in [1.54, 1.807) is 0 Å². The fraction of sp³-hybridized carbons (Fsp3) is 0.500. The maximum Gasteiger partial charge on any atom is 0.573 e. The SMILES string of the molecule is CCC1(C(=O)Nc2ccc(OC(F)(F)F)cc2)CCNC1. The molecule has 1 heterocycles. The van der Waals surface area contributed by atoms with E-state index in [9.17, 15) is 18.0 Å². The molecule has 7 heteroatoms. The summed E-state index contributed by atoms with van der Waals surface area (Å²) in [6, 6.07) is 5.14. The molecule has 2 rings (SSSR count). The lowest BCUT2D eigenvalue weighted by Gasteiger charge is -2.25. The number of hydrogen-bond acceptors (Lipinski definition) is 3. The van der Waals surface area contributed by atoms with Gasteiger partial charge in [-0.05, 0) is 43.7 Å². The van der Waals surface area contributed by atoms with E-state index in [1.807, 2.05) is 6.92 Å². The van der Waals surface area contributed by atoms with E-state index >= 15 is 0 Å². The summed E-state index contributed by atoms with van der Waals surface area (Å²) in [6.07, 6.45) is -3.25. The van der Waals surface area contributed by atoms with Crippen LogP contribution in [0.4, 0.5) is 18.9 Å². The molecule has 1 aliphatic heterocycles. The molecule has 0 aliphatic carbocycles. The fourth-order valence-corrected chi connectivity index (χ4v) is 2.40. The van der Waals surface area contributed by atoms with Crippen LogP contribution in [0.1, 0.15) is 19.8 Å². The van der Waals surface area contributed by atoms with E-state index in [0.29, 0.717) is 18.7 Å². The number of alkyl halides is 3. The van der Waals surface area contributed by atoms with E-state index in [-0.39, 0.29) is 11.7 Å². The van der Waals surface area contributed by atoms with Gasteiger partial charge in [0, 0.05) is 12.2 Å². The zero-order chi connectivity index (χ0) is 15.5. The van der Waals surface area contributed by atoms with Crippen molar-refractivity contribution in [2.75, 3.05) is 18.4 Å². The van der Waals surface area contributed by atoms with Crippen LogP contribution < -0.4 is 15.4 Å². The van der Waals surface area contributed by atoms with Crippen molar-refractivity contribution in [1.82, 2.24) is 5.32 Å². The summed E-state index contributed by atoms with van der Waals surface area (Å²) in [6.45, 7) is 3.36. The van der Waals surface area contributed by atoms with Crippen LogP contribution in [-0.4, -0.2) is 25.4 Å². The van der Waals surface area contributed by atoms with Crippen LogP contribution in [0.2, 0.25) is 0 Å². The molecule has 0 aromatic heterocycles. The molecule has 0 saturated carbocycles. The van der Waals surface area contributed by atoms with Crippen molar-refractivity contribution in [3.05, 3.63) is 24.3 Å². The van der Waals surface area contributed by atoms with Gasteiger partial charge < -0.3 is 15.4 Å². The minimum Gasteiger partial charge on any atom is -0.406 e. The second kappa shape index (κ2) is 5.93. The molecule has 1 saturated heterocycles. The predicted molar refractivity (Wildman–Crippen MR) is 72.0 cm³/mol. The fourth-order valence-electron chi connectivity index (χ4n) is 2.40. The summed E-state index contributed by atoms with van der Waals surface area (Å²) < 4.78 is 39.9. The largest absolute Gasteiger partial charge is 0.573 e. The summed E-state index contributed by atoms with van der Waals surface area (Å²) in [5, 5.41) is 5.91. The summed E-state index contributed by atoms with van der Waals surface area (Å²) in [7, 11) is 0. The Balaban J connectivity index is 2.01. The van der Waals surface area contributed by atoms with Crippen molar-refractivity contribution in [1.29, 1.82) is 0 Å². The number of nitrogens with one attached hydrogen (secondary N) is 2. The van der Waals surface area contributed by atoms with Gasteiger partial charge in [-0.25, -0.2) is 0 Å². The average Bonchev–Trinajstić information content (AvgIpc) is 2.89. The number of ether oxygens (including phenoxy) is 1. The Morgan fingerprint density at radius 2 is 2.05 bits per heavy atom. The molecule has 0 bridgehead atoms. The number of benzene rings is 1. The Labute approximate surface area is 120 Å². The number of halogens is 3. The van der Waals surface area contributed by atoms with E-state index in [0.717, 1.165) is 13.0 Å². The molecule has 2 N–H and O–H groups in total. The molecular weight excluding hydrogens is 285 g/mol. The highest BCUT2D eigenvalue weighted by Gasteiger charge is 2.39. The first-order valence-electron chi connectivity index (χ1n) is 6.73. The van der Waals surface area contributed by atoms with Crippen LogP contribution in [0, 0.1) is 5.41 Å². The van der Waals surface area contributed by atoms with Crippen molar-refractivity contribution in [3.8, 4) is 5.75 Å². The first kappa shape index (κ1) is 15.6. The lowest BCUT2D eigenvalue weighted by atomic mass is 9.83. The number of hydrogen-bond donors (Lipinski definition) is 2. The highest BCUT2D eigenvalue weighted by molar-refractivity contribution is 5.95. The van der Waals surface area contributed by atoms with Crippen molar-refractivity contribution in [2.24, 2.45) is 5.41 Å². The molecular formula is C14H17F3N2O2. The van der Waals surface area contributed by atoms with Gasteiger partial charge in [0.2, 0.25) is 5.91 Å². The molecule has 1 aromatic rings. The Bertz CT molecular complexity index is 494. The minimum atomic E-state index is -4.72. The number of anilines is 1. The molecule has 1 amide bonds. The van der Waals surface area contributed by atoms with E-state index in [1.165, 1.54) is 24.3 Å². The molecule has 1 aromatic carbocycles. The van der Waals surface area contributed by atoms with Crippen LogP contribution >= 0.6 is 0 Å². The van der Waals surface area contributed by atoms with Gasteiger partial charge in [0.25, 0.3) is 0 Å². The van der Waals surface area contributed by atoms with Crippen molar-refractivity contribution >= 4 is 11.6 Å². The average molecular weight is 302 g/mol. The molecule has 1 fully saturated rings. The summed E-state index contributed by atoms with van der Waals surface area (Å²) in [5.74, 6) is -0.423. The number of carbonyl (C=O) groups excluding carboxylic acids is 1. The summed E-state index contributed by atoms with van der Waals surface area (Å²) in [5.41, 5.74) is 0.00970. The smallest absolute Gasteiger partial charge is 0.406 e. The van der Waals surface area contributed by atoms with Crippen LogP contribution in [-0.2, 0) is 4.79 Å². The Kier molecular flexibility index (Phi) is 4.41. The third-order valence-corrected chi connectivity index (χ3v) is 3.75. The number of carbonyl (C=O) groups is 1. The molecule has 4 nitrogen and oxygen atoms in total. The van der Waals surface area contributed by atoms with Crippen LogP contribution in [0.5, 0.6) is 5.75 Å². The lowest BCUT2D eigenvalue weighted by molar-refractivity contribution is -0.274. The van der Waals surface area contributed by atoms with Crippen molar-refractivity contribution < 1.29 is 22.7 Å². The summed E-state index contributed by atoms with van der Waals surface area (Å²) in [4.78, 5) is 12.3. The van der Waals surface area contributed by atoms with Crippen LogP contribution in [0.15, 0.2) is 24.3 Å². The molecule has 21 heavy (non-hydrogen) atoms.